The zero-order chi connectivity index (χ0) is 18.9. The molecule has 0 spiro atoms. The smallest absolute Gasteiger partial charge is 0.321 e. The molecular weight excluding hydrogens is 415 g/mol. The predicted molar refractivity (Wildman–Crippen MR) is 91.6 cm³/mol. The van der Waals surface area contributed by atoms with Crippen molar-refractivity contribution >= 4 is 27.5 Å². The molecule has 0 aliphatic carbocycles. The molecule has 0 bridgehead atoms. The molecule has 3 aromatic rings. The van der Waals surface area contributed by atoms with Crippen LogP contribution >= 0.6 is 15.9 Å². The summed E-state index contributed by atoms with van der Waals surface area (Å²) in [5.41, 5.74) is 0.0507. The van der Waals surface area contributed by atoms with Crippen LogP contribution in [0.5, 0.6) is 0 Å². The Labute approximate surface area is 154 Å². The van der Waals surface area contributed by atoms with Crippen molar-refractivity contribution in [3.8, 4) is 0 Å². The molecule has 26 heavy (non-hydrogen) atoms. The molecule has 136 valence electrons. The normalized spacial score (nSPS) is 11.6. The minimum absolute atomic E-state index is 0.182. The minimum Gasteiger partial charge on any atom is -0.321 e. The fourth-order valence-corrected chi connectivity index (χ4v) is 2.70. The van der Waals surface area contributed by atoms with E-state index in [2.05, 4.69) is 31.4 Å². The van der Waals surface area contributed by atoms with Gasteiger partial charge < -0.3 is 5.32 Å². The zero-order valence-corrected chi connectivity index (χ0v) is 15.0. The molecule has 3 rings (SSSR count). The van der Waals surface area contributed by atoms with Crippen LogP contribution in [-0.4, -0.2) is 25.5 Å². The molecule has 10 heteroatoms. The van der Waals surface area contributed by atoms with Gasteiger partial charge >= 0.3 is 6.18 Å². The van der Waals surface area contributed by atoms with Gasteiger partial charge in [-0.25, -0.2) is 0 Å². The monoisotopic (exact) mass is 427 g/mol. The number of halogens is 4. The number of benzene rings is 1. The number of aromatic nitrogens is 4. The first-order valence-corrected chi connectivity index (χ1v) is 8.21. The molecular formula is C16H13BrF3N5O. The van der Waals surface area contributed by atoms with Gasteiger partial charge in [0.15, 0.2) is 5.69 Å². The molecule has 0 fully saturated rings. The summed E-state index contributed by atoms with van der Waals surface area (Å²) in [6.45, 7) is 0.485. The van der Waals surface area contributed by atoms with E-state index in [4.69, 9.17) is 0 Å². The number of nitrogens with one attached hydrogen (secondary N) is 1. The van der Waals surface area contributed by atoms with Crippen molar-refractivity contribution in [1.29, 1.82) is 0 Å². The number of hydrogen-bond donors (Lipinski definition) is 1. The SMILES string of the molecule is Cn1nc(C(F)(F)F)cc1C(=O)Nc1cccc(Cn2cc(Br)cn2)c1. The quantitative estimate of drug-likeness (QED) is 0.690. The Kier molecular flexibility index (Phi) is 4.86. The van der Waals surface area contributed by atoms with E-state index in [1.54, 1.807) is 35.3 Å². The van der Waals surface area contributed by atoms with Crippen molar-refractivity contribution in [2.75, 3.05) is 5.32 Å². The first-order chi connectivity index (χ1) is 12.2. The fraction of sp³-hybridized carbons (Fsp3) is 0.188. The Hall–Kier alpha value is -2.62. The highest BCUT2D eigenvalue weighted by Crippen LogP contribution is 2.28. The molecule has 0 atom stereocenters. The number of carbonyl (C=O) groups excluding carboxylic acids is 1. The van der Waals surface area contributed by atoms with E-state index in [1.165, 1.54) is 7.05 Å². The second-order valence-electron chi connectivity index (χ2n) is 5.55. The standard InChI is InChI=1S/C16H13BrF3N5O/c1-24-13(6-14(23-24)16(18,19)20)15(26)22-12-4-2-3-10(5-12)8-25-9-11(17)7-21-25/h2-7,9H,8H2,1H3,(H,22,26). The summed E-state index contributed by atoms with van der Waals surface area (Å²) in [7, 11) is 1.29. The van der Waals surface area contributed by atoms with E-state index in [0.717, 1.165) is 20.8 Å². The maximum absolute atomic E-state index is 12.7. The lowest BCUT2D eigenvalue weighted by molar-refractivity contribution is -0.141. The molecule has 6 nitrogen and oxygen atoms in total. The van der Waals surface area contributed by atoms with Gasteiger partial charge in [0.1, 0.15) is 5.69 Å². The molecule has 0 unspecified atom stereocenters. The van der Waals surface area contributed by atoms with E-state index < -0.39 is 17.8 Å². The highest BCUT2D eigenvalue weighted by Gasteiger charge is 2.35. The van der Waals surface area contributed by atoms with E-state index in [1.807, 2.05) is 6.07 Å². The molecule has 0 aliphatic heterocycles. The van der Waals surface area contributed by atoms with Crippen LogP contribution in [0, 0.1) is 0 Å². The minimum atomic E-state index is -4.60. The van der Waals surface area contributed by atoms with E-state index in [9.17, 15) is 18.0 Å². The number of carbonyl (C=O) groups is 1. The Bertz CT molecular complexity index is 948. The van der Waals surface area contributed by atoms with E-state index in [-0.39, 0.29) is 5.69 Å². The lowest BCUT2D eigenvalue weighted by Gasteiger charge is -2.08. The van der Waals surface area contributed by atoms with Crippen molar-refractivity contribution in [3.05, 3.63) is 64.1 Å². The Morgan fingerprint density at radius 3 is 2.69 bits per heavy atom. The van der Waals surface area contributed by atoms with Gasteiger partial charge in [0.25, 0.3) is 5.91 Å². The number of amides is 1. The number of hydrogen-bond acceptors (Lipinski definition) is 3. The molecule has 0 saturated heterocycles. The summed E-state index contributed by atoms with van der Waals surface area (Å²) in [6, 6.07) is 7.71. The number of rotatable bonds is 4. The third-order valence-corrected chi connectivity index (χ3v) is 3.94. The molecule has 2 aromatic heterocycles. The fourth-order valence-electron chi connectivity index (χ4n) is 2.37. The Morgan fingerprint density at radius 1 is 1.31 bits per heavy atom. The third kappa shape index (κ3) is 4.13. The summed E-state index contributed by atoms with van der Waals surface area (Å²) in [4.78, 5) is 12.3. The average Bonchev–Trinajstić information content (AvgIpc) is 3.13. The highest BCUT2D eigenvalue weighted by molar-refractivity contribution is 9.10. The second-order valence-corrected chi connectivity index (χ2v) is 6.46. The number of anilines is 1. The lowest BCUT2D eigenvalue weighted by Crippen LogP contribution is -2.16. The van der Waals surface area contributed by atoms with E-state index in [0.29, 0.717) is 12.2 Å². The van der Waals surface area contributed by atoms with Crippen LogP contribution in [-0.2, 0) is 19.8 Å². The molecule has 2 heterocycles. The zero-order valence-electron chi connectivity index (χ0n) is 13.5. The molecule has 1 N–H and O–H groups in total. The largest absolute Gasteiger partial charge is 0.435 e. The number of aryl methyl sites for hydroxylation is 1. The summed E-state index contributed by atoms with van der Waals surface area (Å²) in [5, 5.41) is 10.1. The van der Waals surface area contributed by atoms with Gasteiger partial charge in [-0.15, -0.1) is 0 Å². The molecule has 0 saturated carbocycles. The summed E-state index contributed by atoms with van der Waals surface area (Å²) < 4.78 is 41.6. The van der Waals surface area contributed by atoms with Gasteiger partial charge in [-0.3, -0.25) is 14.2 Å². The van der Waals surface area contributed by atoms with Gasteiger partial charge in [0.2, 0.25) is 0 Å². The van der Waals surface area contributed by atoms with Crippen LogP contribution < -0.4 is 5.32 Å². The average molecular weight is 428 g/mol. The summed E-state index contributed by atoms with van der Waals surface area (Å²) in [6.07, 6.45) is -1.14. The number of alkyl halides is 3. The number of nitrogens with zero attached hydrogens (tertiary/aromatic N) is 4. The first-order valence-electron chi connectivity index (χ1n) is 7.42. The predicted octanol–water partition coefficient (Wildman–Crippen LogP) is 3.70. The molecule has 1 aromatic carbocycles. The highest BCUT2D eigenvalue weighted by atomic mass is 79.9. The Balaban J connectivity index is 1.75. The third-order valence-electron chi connectivity index (χ3n) is 3.53. The molecule has 1 amide bonds. The van der Waals surface area contributed by atoms with Crippen molar-refractivity contribution in [3.63, 3.8) is 0 Å². The van der Waals surface area contributed by atoms with Crippen molar-refractivity contribution in [2.45, 2.75) is 12.7 Å². The maximum atomic E-state index is 12.7. The van der Waals surface area contributed by atoms with E-state index >= 15 is 0 Å². The van der Waals surface area contributed by atoms with Crippen molar-refractivity contribution in [1.82, 2.24) is 19.6 Å². The van der Waals surface area contributed by atoms with Crippen LogP contribution in [0.25, 0.3) is 0 Å². The van der Waals surface area contributed by atoms with Gasteiger partial charge in [-0.1, -0.05) is 12.1 Å². The van der Waals surface area contributed by atoms with Crippen LogP contribution in [0.4, 0.5) is 18.9 Å². The first kappa shape index (κ1) is 18.2. The summed E-state index contributed by atoms with van der Waals surface area (Å²) in [5.74, 6) is -0.672. The van der Waals surface area contributed by atoms with Gasteiger partial charge in [0, 0.05) is 25.0 Å². The lowest BCUT2D eigenvalue weighted by atomic mass is 10.2. The van der Waals surface area contributed by atoms with Gasteiger partial charge in [-0.05, 0) is 33.6 Å². The Morgan fingerprint density at radius 2 is 2.08 bits per heavy atom. The second kappa shape index (κ2) is 6.94. The van der Waals surface area contributed by atoms with Crippen LogP contribution in [0.2, 0.25) is 0 Å². The van der Waals surface area contributed by atoms with Crippen LogP contribution in [0.1, 0.15) is 21.7 Å². The summed E-state index contributed by atoms with van der Waals surface area (Å²) >= 11 is 3.31. The van der Waals surface area contributed by atoms with Crippen LogP contribution in [0.3, 0.4) is 0 Å². The van der Waals surface area contributed by atoms with Crippen molar-refractivity contribution < 1.29 is 18.0 Å². The molecule has 0 radical (unpaired) electrons. The van der Waals surface area contributed by atoms with Gasteiger partial charge in [-0.2, -0.15) is 23.4 Å². The van der Waals surface area contributed by atoms with Crippen LogP contribution in [0.15, 0.2) is 47.2 Å². The van der Waals surface area contributed by atoms with Crippen molar-refractivity contribution in [2.24, 2.45) is 7.05 Å². The maximum Gasteiger partial charge on any atom is 0.435 e. The topological polar surface area (TPSA) is 64.7 Å². The molecule has 0 aliphatic rings. The van der Waals surface area contributed by atoms with Gasteiger partial charge in [0.05, 0.1) is 17.2 Å².